The molecule has 1 nitrogen and oxygen atoms in total. The molecule has 0 unspecified atom stereocenters. The predicted octanol–water partition coefficient (Wildman–Crippen LogP) is 2.60. The van der Waals surface area contributed by atoms with Crippen molar-refractivity contribution < 1.29 is 4.74 Å². The Morgan fingerprint density at radius 1 is 1.40 bits per heavy atom. The molecule has 0 aromatic carbocycles. The molecule has 0 heterocycles. The molecule has 0 saturated heterocycles. The van der Waals surface area contributed by atoms with Crippen molar-refractivity contribution in [3.05, 3.63) is 0 Å². The average molecular weight is 142 g/mol. The third-order valence-electron chi connectivity index (χ3n) is 2.20. The maximum Gasteiger partial charge on any atom is 0.0518 e. The van der Waals surface area contributed by atoms with Gasteiger partial charge in [-0.2, -0.15) is 0 Å². The predicted molar refractivity (Wildman–Crippen MR) is 43.0 cm³/mol. The van der Waals surface area contributed by atoms with Crippen LogP contribution in [0.5, 0.6) is 0 Å². The molecule has 0 amide bonds. The molecule has 1 aliphatic carbocycles. The fourth-order valence-electron chi connectivity index (χ4n) is 1.25. The van der Waals surface area contributed by atoms with Crippen molar-refractivity contribution in [1.82, 2.24) is 0 Å². The highest BCUT2D eigenvalue weighted by molar-refractivity contribution is 4.68. The molecule has 60 valence electrons. The van der Waals surface area contributed by atoms with E-state index >= 15 is 0 Å². The lowest BCUT2D eigenvalue weighted by molar-refractivity contribution is 0.0602. The summed E-state index contributed by atoms with van der Waals surface area (Å²) in [4.78, 5) is 0. The highest BCUT2D eigenvalue weighted by Gasteiger charge is 2.16. The minimum atomic E-state index is 0.417. The van der Waals surface area contributed by atoms with E-state index < -0.39 is 0 Å². The third kappa shape index (κ3) is 2.70. The minimum absolute atomic E-state index is 0.417. The van der Waals surface area contributed by atoms with Crippen molar-refractivity contribution in [2.45, 2.75) is 45.6 Å². The van der Waals surface area contributed by atoms with Gasteiger partial charge in [0.05, 0.1) is 6.10 Å². The SMILES string of the molecule is CC(C)OCCC1CCC1. The zero-order chi connectivity index (χ0) is 7.40. The molecule has 1 saturated carbocycles. The first-order valence-electron chi connectivity index (χ1n) is 4.40. The number of hydrogen-bond donors (Lipinski definition) is 0. The van der Waals surface area contributed by atoms with Gasteiger partial charge in [-0.25, -0.2) is 0 Å². The lowest BCUT2D eigenvalue weighted by Gasteiger charge is -2.25. The molecule has 0 aliphatic heterocycles. The van der Waals surface area contributed by atoms with E-state index in [1.807, 2.05) is 0 Å². The smallest absolute Gasteiger partial charge is 0.0518 e. The monoisotopic (exact) mass is 142 g/mol. The summed E-state index contributed by atoms with van der Waals surface area (Å²) in [6.07, 6.45) is 6.05. The second kappa shape index (κ2) is 3.97. The molecule has 0 radical (unpaired) electrons. The van der Waals surface area contributed by atoms with Crippen LogP contribution >= 0.6 is 0 Å². The van der Waals surface area contributed by atoms with Gasteiger partial charge in [-0.3, -0.25) is 0 Å². The number of ether oxygens (including phenoxy) is 1. The fraction of sp³-hybridized carbons (Fsp3) is 1.00. The van der Waals surface area contributed by atoms with Crippen LogP contribution in [0.15, 0.2) is 0 Å². The van der Waals surface area contributed by atoms with Gasteiger partial charge in [-0.15, -0.1) is 0 Å². The van der Waals surface area contributed by atoms with Gasteiger partial charge in [0, 0.05) is 6.61 Å². The van der Waals surface area contributed by atoms with Gasteiger partial charge < -0.3 is 4.74 Å². The summed E-state index contributed by atoms with van der Waals surface area (Å²) in [7, 11) is 0. The van der Waals surface area contributed by atoms with Gasteiger partial charge in [-0.05, 0) is 26.2 Å². The van der Waals surface area contributed by atoms with Crippen LogP contribution in [-0.2, 0) is 4.74 Å². The van der Waals surface area contributed by atoms with Crippen molar-refractivity contribution in [2.24, 2.45) is 5.92 Å². The summed E-state index contributed by atoms with van der Waals surface area (Å²) in [5.41, 5.74) is 0. The van der Waals surface area contributed by atoms with Crippen molar-refractivity contribution in [1.29, 1.82) is 0 Å². The molecular weight excluding hydrogens is 124 g/mol. The molecule has 0 spiro atoms. The van der Waals surface area contributed by atoms with E-state index in [0.717, 1.165) is 12.5 Å². The highest BCUT2D eigenvalue weighted by Crippen LogP contribution is 2.29. The van der Waals surface area contributed by atoms with Crippen molar-refractivity contribution in [2.75, 3.05) is 6.61 Å². The molecular formula is C9H18O. The summed E-state index contributed by atoms with van der Waals surface area (Å²) in [6, 6.07) is 0. The number of hydrogen-bond acceptors (Lipinski definition) is 1. The van der Waals surface area contributed by atoms with Crippen molar-refractivity contribution in [3.63, 3.8) is 0 Å². The molecule has 10 heavy (non-hydrogen) atoms. The highest BCUT2D eigenvalue weighted by atomic mass is 16.5. The van der Waals surface area contributed by atoms with Gasteiger partial charge in [0.2, 0.25) is 0 Å². The van der Waals surface area contributed by atoms with E-state index in [2.05, 4.69) is 13.8 Å². The van der Waals surface area contributed by atoms with Crippen LogP contribution in [0, 0.1) is 5.92 Å². The molecule has 0 bridgehead atoms. The molecule has 0 aromatic rings. The Morgan fingerprint density at radius 3 is 2.50 bits per heavy atom. The topological polar surface area (TPSA) is 9.23 Å². The van der Waals surface area contributed by atoms with E-state index in [1.165, 1.54) is 25.7 Å². The Morgan fingerprint density at radius 2 is 2.10 bits per heavy atom. The Kier molecular flexibility index (Phi) is 3.20. The molecule has 1 fully saturated rings. The van der Waals surface area contributed by atoms with Gasteiger partial charge in [-0.1, -0.05) is 19.3 Å². The lowest BCUT2D eigenvalue weighted by Crippen LogP contribution is -2.15. The zero-order valence-electron chi connectivity index (χ0n) is 7.10. The second-order valence-electron chi connectivity index (χ2n) is 3.51. The first-order chi connectivity index (χ1) is 4.79. The molecule has 1 heteroatoms. The summed E-state index contributed by atoms with van der Waals surface area (Å²) in [5.74, 6) is 0.999. The average Bonchev–Trinajstić information content (AvgIpc) is 1.75. The normalized spacial score (nSPS) is 19.5. The largest absolute Gasteiger partial charge is 0.379 e. The second-order valence-corrected chi connectivity index (χ2v) is 3.51. The quantitative estimate of drug-likeness (QED) is 0.586. The minimum Gasteiger partial charge on any atom is -0.379 e. The third-order valence-corrected chi connectivity index (χ3v) is 2.20. The molecule has 0 atom stereocenters. The zero-order valence-corrected chi connectivity index (χ0v) is 7.10. The maximum atomic E-state index is 5.45. The van der Waals surface area contributed by atoms with Crippen LogP contribution in [0.2, 0.25) is 0 Å². The summed E-state index contributed by atoms with van der Waals surface area (Å²) in [6.45, 7) is 5.17. The van der Waals surface area contributed by atoms with E-state index in [0.29, 0.717) is 6.10 Å². The van der Waals surface area contributed by atoms with Crippen LogP contribution in [-0.4, -0.2) is 12.7 Å². The van der Waals surface area contributed by atoms with E-state index in [-0.39, 0.29) is 0 Å². The van der Waals surface area contributed by atoms with Crippen molar-refractivity contribution in [3.8, 4) is 0 Å². The Hall–Kier alpha value is -0.0400. The fourth-order valence-corrected chi connectivity index (χ4v) is 1.25. The molecule has 1 aliphatic rings. The Balaban J connectivity index is 1.85. The van der Waals surface area contributed by atoms with Crippen LogP contribution in [0.4, 0.5) is 0 Å². The van der Waals surface area contributed by atoms with Crippen LogP contribution in [0.1, 0.15) is 39.5 Å². The van der Waals surface area contributed by atoms with E-state index in [1.54, 1.807) is 0 Å². The van der Waals surface area contributed by atoms with E-state index in [4.69, 9.17) is 4.74 Å². The van der Waals surface area contributed by atoms with Crippen molar-refractivity contribution >= 4 is 0 Å². The Bertz CT molecular complexity index is 84.7. The van der Waals surface area contributed by atoms with E-state index in [9.17, 15) is 0 Å². The van der Waals surface area contributed by atoms with Crippen LogP contribution < -0.4 is 0 Å². The van der Waals surface area contributed by atoms with Gasteiger partial charge in [0.1, 0.15) is 0 Å². The van der Waals surface area contributed by atoms with Gasteiger partial charge in [0.15, 0.2) is 0 Å². The van der Waals surface area contributed by atoms with Crippen LogP contribution in [0.25, 0.3) is 0 Å². The first kappa shape index (κ1) is 8.06. The van der Waals surface area contributed by atoms with Gasteiger partial charge in [0.25, 0.3) is 0 Å². The molecule has 0 N–H and O–H groups in total. The first-order valence-corrected chi connectivity index (χ1v) is 4.40. The summed E-state index contributed by atoms with van der Waals surface area (Å²) in [5, 5.41) is 0. The lowest BCUT2D eigenvalue weighted by atomic mass is 9.83. The number of rotatable bonds is 4. The van der Waals surface area contributed by atoms with Crippen LogP contribution in [0.3, 0.4) is 0 Å². The van der Waals surface area contributed by atoms with Gasteiger partial charge >= 0.3 is 0 Å². The standard InChI is InChI=1S/C9H18O/c1-8(2)10-7-6-9-4-3-5-9/h8-9H,3-7H2,1-2H3. The summed E-state index contributed by atoms with van der Waals surface area (Å²) < 4.78 is 5.45. The molecule has 1 rings (SSSR count). The summed E-state index contributed by atoms with van der Waals surface area (Å²) >= 11 is 0. The maximum absolute atomic E-state index is 5.45. The molecule has 0 aromatic heterocycles. The Labute approximate surface area is 63.8 Å².